The zero-order valence-electron chi connectivity index (χ0n) is 4.88. The Morgan fingerprint density at radius 3 is 2.44 bits per heavy atom. The lowest BCUT2D eigenvalue weighted by atomic mass is 10.2. The van der Waals surface area contributed by atoms with Gasteiger partial charge < -0.3 is 3.07 Å². The third kappa shape index (κ3) is 2.32. The lowest BCUT2D eigenvalue weighted by molar-refractivity contribution is 0.418. The van der Waals surface area contributed by atoms with Crippen LogP contribution in [0.4, 0.5) is 0 Å². The number of halogens is 1. The fraction of sp³-hybridized carbons (Fsp3) is 0.143. The van der Waals surface area contributed by atoms with Crippen molar-refractivity contribution in [1.29, 1.82) is 0 Å². The van der Waals surface area contributed by atoms with Crippen LogP contribution in [-0.2, 0) is 9.67 Å². The van der Waals surface area contributed by atoms with Crippen molar-refractivity contribution in [3.8, 4) is 0 Å². The Morgan fingerprint density at radius 2 is 1.89 bits per heavy atom. The van der Waals surface area contributed by atoms with Crippen LogP contribution in [0.5, 0.6) is 0 Å². The third-order valence-corrected chi connectivity index (χ3v) is 1.38. The Hall–Kier alpha value is -0.0900. The van der Waals surface area contributed by atoms with Gasteiger partial charge in [-0.15, -0.1) is 0 Å². The average molecular weight is 234 g/mol. The van der Waals surface area contributed by atoms with Crippen molar-refractivity contribution >= 4 is 23.0 Å². The normalized spacial score (nSPS) is 9.44. The third-order valence-electron chi connectivity index (χ3n) is 1.06. The Labute approximate surface area is 68.7 Å². The van der Waals surface area contributed by atoms with Gasteiger partial charge >= 0.3 is 0 Å². The van der Waals surface area contributed by atoms with Crippen molar-refractivity contribution in [1.82, 2.24) is 0 Å². The lowest BCUT2D eigenvalue weighted by Crippen LogP contribution is -1.79. The largest absolute Gasteiger partial charge is 0.311 e. The molecule has 0 atom stereocenters. The van der Waals surface area contributed by atoms with E-state index >= 15 is 0 Å². The second kappa shape index (κ2) is 3.85. The molecule has 1 aromatic rings. The average Bonchev–Trinajstić information content (AvgIpc) is 1.91. The minimum atomic E-state index is 0.696. The Morgan fingerprint density at radius 1 is 1.22 bits per heavy atom. The molecule has 0 unspecified atom stereocenters. The van der Waals surface area contributed by atoms with Gasteiger partial charge in [-0.05, 0) is 5.56 Å². The van der Waals surface area contributed by atoms with E-state index in [1.165, 1.54) is 5.56 Å². The van der Waals surface area contributed by atoms with E-state index in [0.717, 1.165) is 0 Å². The standard InChI is InChI=1S/C7H7IO/c8-9-6-7-4-2-1-3-5-7/h1-5H,6H2. The van der Waals surface area contributed by atoms with Crippen molar-refractivity contribution in [2.45, 2.75) is 6.61 Å². The first-order chi connectivity index (χ1) is 4.43. The summed E-state index contributed by atoms with van der Waals surface area (Å²) in [6.07, 6.45) is 0. The van der Waals surface area contributed by atoms with Gasteiger partial charge in [0.15, 0.2) is 0 Å². The molecule has 0 N–H and O–H groups in total. The summed E-state index contributed by atoms with van der Waals surface area (Å²) in [5, 5.41) is 0. The van der Waals surface area contributed by atoms with Gasteiger partial charge in [-0.3, -0.25) is 0 Å². The molecule has 0 bridgehead atoms. The first-order valence-corrected chi connectivity index (χ1v) is 3.59. The SMILES string of the molecule is IOCc1ccccc1. The van der Waals surface area contributed by atoms with Gasteiger partial charge in [0.25, 0.3) is 0 Å². The Bertz CT molecular complexity index is 162. The van der Waals surface area contributed by atoms with Crippen LogP contribution >= 0.6 is 23.0 Å². The first-order valence-electron chi connectivity index (χ1n) is 2.71. The van der Waals surface area contributed by atoms with Crippen LogP contribution in [-0.4, -0.2) is 0 Å². The molecular weight excluding hydrogens is 227 g/mol. The fourth-order valence-corrected chi connectivity index (χ4v) is 0.997. The van der Waals surface area contributed by atoms with Crippen LogP contribution in [0.15, 0.2) is 30.3 Å². The summed E-state index contributed by atoms with van der Waals surface area (Å²) in [5.41, 5.74) is 1.21. The van der Waals surface area contributed by atoms with Gasteiger partial charge in [0, 0.05) is 0 Å². The van der Waals surface area contributed by atoms with Gasteiger partial charge in [0.05, 0.1) is 6.61 Å². The smallest absolute Gasteiger partial charge is 0.110 e. The quantitative estimate of drug-likeness (QED) is 0.714. The summed E-state index contributed by atoms with van der Waals surface area (Å²) >= 11 is 1.89. The molecule has 0 aromatic heterocycles. The fourth-order valence-electron chi connectivity index (χ4n) is 0.637. The van der Waals surface area contributed by atoms with E-state index in [0.29, 0.717) is 6.61 Å². The number of hydrogen-bond donors (Lipinski definition) is 0. The molecule has 1 aromatic carbocycles. The molecule has 0 saturated heterocycles. The molecule has 9 heavy (non-hydrogen) atoms. The van der Waals surface area contributed by atoms with Gasteiger partial charge in [-0.1, -0.05) is 30.3 Å². The maximum atomic E-state index is 4.90. The highest BCUT2D eigenvalue weighted by molar-refractivity contribution is 14.1. The zero-order chi connectivity index (χ0) is 6.53. The predicted molar refractivity (Wildman–Crippen MR) is 45.3 cm³/mol. The van der Waals surface area contributed by atoms with Crippen molar-refractivity contribution in [2.24, 2.45) is 0 Å². The van der Waals surface area contributed by atoms with Crippen LogP contribution in [0.2, 0.25) is 0 Å². The molecule has 2 heteroatoms. The van der Waals surface area contributed by atoms with E-state index in [2.05, 4.69) is 0 Å². The van der Waals surface area contributed by atoms with Crippen LogP contribution in [0, 0.1) is 0 Å². The van der Waals surface area contributed by atoms with E-state index < -0.39 is 0 Å². The van der Waals surface area contributed by atoms with E-state index in [1.807, 2.05) is 53.3 Å². The van der Waals surface area contributed by atoms with Crippen LogP contribution in [0.25, 0.3) is 0 Å². The van der Waals surface area contributed by atoms with Crippen LogP contribution in [0.3, 0.4) is 0 Å². The molecule has 0 amide bonds. The molecule has 0 aliphatic rings. The topological polar surface area (TPSA) is 9.23 Å². The lowest BCUT2D eigenvalue weighted by Gasteiger charge is -1.93. The molecular formula is C7H7IO. The summed E-state index contributed by atoms with van der Waals surface area (Å²) in [6.45, 7) is 0.696. The van der Waals surface area contributed by atoms with Crippen LogP contribution in [0.1, 0.15) is 5.56 Å². The molecule has 0 fully saturated rings. The maximum Gasteiger partial charge on any atom is 0.110 e. The van der Waals surface area contributed by atoms with E-state index in [1.54, 1.807) is 0 Å². The van der Waals surface area contributed by atoms with Crippen LogP contribution < -0.4 is 0 Å². The molecule has 0 heterocycles. The predicted octanol–water partition coefficient (Wildman–Crippen LogP) is 2.55. The van der Waals surface area contributed by atoms with Crippen molar-refractivity contribution in [3.05, 3.63) is 35.9 Å². The molecule has 0 aliphatic carbocycles. The summed E-state index contributed by atoms with van der Waals surface area (Å²) < 4.78 is 4.90. The van der Waals surface area contributed by atoms with Gasteiger partial charge in [0.1, 0.15) is 23.0 Å². The molecule has 0 spiro atoms. The van der Waals surface area contributed by atoms with Crippen molar-refractivity contribution in [3.63, 3.8) is 0 Å². The van der Waals surface area contributed by atoms with Gasteiger partial charge in [-0.2, -0.15) is 0 Å². The van der Waals surface area contributed by atoms with E-state index in [-0.39, 0.29) is 0 Å². The highest BCUT2D eigenvalue weighted by Gasteiger charge is 1.85. The molecule has 0 radical (unpaired) electrons. The molecule has 1 nitrogen and oxygen atoms in total. The summed E-state index contributed by atoms with van der Waals surface area (Å²) in [5.74, 6) is 0. The zero-order valence-corrected chi connectivity index (χ0v) is 7.04. The van der Waals surface area contributed by atoms with E-state index in [9.17, 15) is 0 Å². The van der Waals surface area contributed by atoms with E-state index in [4.69, 9.17) is 3.07 Å². The van der Waals surface area contributed by atoms with Crippen molar-refractivity contribution in [2.75, 3.05) is 0 Å². The number of hydrogen-bond acceptors (Lipinski definition) is 1. The molecule has 1 rings (SSSR count). The first kappa shape index (κ1) is 7.02. The molecule has 48 valence electrons. The summed E-state index contributed by atoms with van der Waals surface area (Å²) in [4.78, 5) is 0. The Kier molecular flexibility index (Phi) is 3.00. The summed E-state index contributed by atoms with van der Waals surface area (Å²) in [6, 6.07) is 10.1. The highest BCUT2D eigenvalue weighted by atomic mass is 127. The highest BCUT2D eigenvalue weighted by Crippen LogP contribution is 2.02. The number of benzene rings is 1. The summed E-state index contributed by atoms with van der Waals surface area (Å²) in [7, 11) is 0. The minimum Gasteiger partial charge on any atom is -0.311 e. The second-order valence-electron chi connectivity index (χ2n) is 1.74. The molecule has 0 aliphatic heterocycles. The van der Waals surface area contributed by atoms with Gasteiger partial charge in [0.2, 0.25) is 0 Å². The monoisotopic (exact) mass is 234 g/mol. The van der Waals surface area contributed by atoms with Gasteiger partial charge in [-0.25, -0.2) is 0 Å². The Balaban J connectivity index is 2.61. The second-order valence-corrected chi connectivity index (χ2v) is 2.36. The molecule has 0 saturated carbocycles. The number of rotatable bonds is 2. The van der Waals surface area contributed by atoms with Crippen molar-refractivity contribution < 1.29 is 3.07 Å². The minimum absolute atomic E-state index is 0.696. The maximum absolute atomic E-state index is 4.90.